The van der Waals surface area contributed by atoms with E-state index < -0.39 is 10.8 Å². The molecule has 0 unspecified atom stereocenters. The van der Waals surface area contributed by atoms with E-state index in [9.17, 15) is 0 Å². The lowest BCUT2D eigenvalue weighted by Crippen LogP contribution is -2.29. The molecule has 0 amide bonds. The van der Waals surface area contributed by atoms with Crippen molar-refractivity contribution in [2.75, 3.05) is 4.90 Å². The third kappa shape index (κ3) is 5.02. The van der Waals surface area contributed by atoms with E-state index in [1.807, 2.05) is 0 Å². The number of fused-ring (bicyclic) bond motifs is 8. The average molecular weight is 816 g/mol. The lowest BCUT2D eigenvalue weighted by molar-refractivity contribution is 0.474. The number of benzene rings is 10. The standard InChI is InChI=1S/C62H41NO/c1-6-22-42(23-7-1)47-32-18-21-37-56(47)63-57-38-50-48-33-16-19-35-52(48)61(43-24-8-2-9-25-43,44-26-10-3-11-27-44)54(50)40-59(57)64-60-41-55-51(39-58(60)63)49-34-17-20-36-53(49)62(55,45-28-12-4-13-29-45)46-30-14-5-15-31-46/h1-41H. The van der Waals surface area contributed by atoms with Crippen molar-refractivity contribution in [2.24, 2.45) is 0 Å². The Morgan fingerprint density at radius 1 is 0.266 bits per heavy atom. The van der Waals surface area contributed by atoms with Gasteiger partial charge in [-0.15, -0.1) is 0 Å². The van der Waals surface area contributed by atoms with E-state index in [2.05, 4.69) is 254 Å². The molecule has 10 aromatic carbocycles. The molecule has 2 nitrogen and oxygen atoms in total. The molecule has 0 bridgehead atoms. The Morgan fingerprint density at radius 3 is 1.03 bits per heavy atom. The summed E-state index contributed by atoms with van der Waals surface area (Å²) in [5, 5.41) is 0. The number of nitrogens with zero attached hydrogens (tertiary/aromatic N) is 1. The molecule has 1 heterocycles. The normalized spacial score (nSPS) is 14.3. The molecule has 2 heteroatoms. The second kappa shape index (κ2) is 14.2. The summed E-state index contributed by atoms with van der Waals surface area (Å²) in [6.45, 7) is 0. The predicted octanol–water partition coefficient (Wildman–Crippen LogP) is 15.7. The van der Waals surface area contributed by atoms with Gasteiger partial charge in [-0.25, -0.2) is 0 Å². The van der Waals surface area contributed by atoms with Gasteiger partial charge < -0.3 is 9.64 Å². The lowest BCUT2D eigenvalue weighted by atomic mass is 9.67. The first-order chi connectivity index (χ1) is 31.8. The molecule has 3 aliphatic rings. The monoisotopic (exact) mass is 815 g/mol. The highest BCUT2D eigenvalue weighted by Crippen LogP contribution is 2.64. The van der Waals surface area contributed by atoms with E-state index >= 15 is 0 Å². The maximum absolute atomic E-state index is 7.51. The molecule has 0 atom stereocenters. The maximum atomic E-state index is 7.51. The van der Waals surface area contributed by atoms with Gasteiger partial charge in [0.1, 0.15) is 0 Å². The number of hydrogen-bond donors (Lipinski definition) is 0. The molecule has 0 saturated carbocycles. The van der Waals surface area contributed by atoms with Gasteiger partial charge in [-0.2, -0.15) is 0 Å². The van der Waals surface area contributed by atoms with E-state index in [1.165, 1.54) is 66.8 Å². The molecule has 0 radical (unpaired) electrons. The van der Waals surface area contributed by atoms with Crippen LogP contribution in [0.2, 0.25) is 0 Å². The molecule has 0 saturated heterocycles. The molecule has 2 aliphatic carbocycles. The molecule has 10 aromatic rings. The smallest absolute Gasteiger partial charge is 0.151 e. The zero-order chi connectivity index (χ0) is 42.2. The first kappa shape index (κ1) is 36.5. The summed E-state index contributed by atoms with van der Waals surface area (Å²) in [7, 11) is 0. The van der Waals surface area contributed by atoms with Crippen LogP contribution in [0.15, 0.2) is 249 Å². The molecule has 0 fully saturated rings. The van der Waals surface area contributed by atoms with E-state index in [0.29, 0.717) is 0 Å². The van der Waals surface area contributed by atoms with Crippen LogP contribution < -0.4 is 9.64 Å². The fourth-order valence-electron chi connectivity index (χ4n) is 11.5. The van der Waals surface area contributed by atoms with Crippen LogP contribution in [0, 0.1) is 0 Å². The van der Waals surface area contributed by atoms with E-state index in [1.54, 1.807) is 0 Å². The number of rotatable bonds is 6. The summed E-state index contributed by atoms with van der Waals surface area (Å²) in [6, 6.07) is 91.1. The van der Waals surface area contributed by atoms with Crippen molar-refractivity contribution in [3.63, 3.8) is 0 Å². The summed E-state index contributed by atoms with van der Waals surface area (Å²) < 4.78 is 7.51. The predicted molar refractivity (Wildman–Crippen MR) is 261 cm³/mol. The average Bonchev–Trinajstić information content (AvgIpc) is 3.83. The molecular formula is C62H41NO. The van der Waals surface area contributed by atoms with Crippen LogP contribution in [0.25, 0.3) is 33.4 Å². The van der Waals surface area contributed by atoms with Crippen molar-refractivity contribution in [1.82, 2.24) is 0 Å². The zero-order valence-corrected chi connectivity index (χ0v) is 35.0. The Kier molecular flexibility index (Phi) is 8.07. The van der Waals surface area contributed by atoms with Crippen molar-refractivity contribution in [3.05, 3.63) is 293 Å². The number of ether oxygens (including phenoxy) is 1. The Bertz CT molecular complexity index is 3130. The first-order valence-corrected chi connectivity index (χ1v) is 22.2. The van der Waals surface area contributed by atoms with E-state index in [0.717, 1.165) is 39.7 Å². The maximum Gasteiger partial charge on any atom is 0.151 e. The minimum Gasteiger partial charge on any atom is -0.453 e. The van der Waals surface area contributed by atoms with Gasteiger partial charge in [-0.05, 0) is 103 Å². The molecule has 300 valence electrons. The fraction of sp³-hybridized carbons (Fsp3) is 0.0323. The van der Waals surface area contributed by atoms with Crippen molar-refractivity contribution in [2.45, 2.75) is 10.8 Å². The molecular weight excluding hydrogens is 775 g/mol. The summed E-state index contributed by atoms with van der Waals surface area (Å²) in [4.78, 5) is 2.47. The summed E-state index contributed by atoms with van der Waals surface area (Å²) in [5.41, 5.74) is 19.0. The Morgan fingerprint density at radius 2 is 0.609 bits per heavy atom. The van der Waals surface area contributed by atoms with Gasteiger partial charge >= 0.3 is 0 Å². The van der Waals surface area contributed by atoms with Gasteiger partial charge in [0.25, 0.3) is 0 Å². The molecule has 0 spiro atoms. The first-order valence-electron chi connectivity index (χ1n) is 22.2. The van der Waals surface area contributed by atoms with Crippen LogP contribution in [-0.4, -0.2) is 0 Å². The quantitative estimate of drug-likeness (QED) is 0.166. The highest BCUT2D eigenvalue weighted by molar-refractivity contribution is 6.00. The van der Waals surface area contributed by atoms with Gasteiger partial charge in [-0.3, -0.25) is 0 Å². The van der Waals surface area contributed by atoms with Gasteiger partial charge in [0.2, 0.25) is 0 Å². The topological polar surface area (TPSA) is 12.5 Å². The summed E-state index contributed by atoms with van der Waals surface area (Å²) >= 11 is 0. The third-order valence-electron chi connectivity index (χ3n) is 14.0. The lowest BCUT2D eigenvalue weighted by Gasteiger charge is -2.38. The largest absolute Gasteiger partial charge is 0.453 e. The van der Waals surface area contributed by atoms with E-state index in [-0.39, 0.29) is 0 Å². The number of hydrogen-bond acceptors (Lipinski definition) is 2. The second-order valence-electron chi connectivity index (χ2n) is 17.1. The fourth-order valence-corrected chi connectivity index (χ4v) is 11.5. The van der Waals surface area contributed by atoms with Gasteiger partial charge in [0.05, 0.1) is 27.9 Å². The van der Waals surface area contributed by atoms with Crippen LogP contribution >= 0.6 is 0 Å². The van der Waals surface area contributed by atoms with Gasteiger partial charge in [0.15, 0.2) is 11.5 Å². The van der Waals surface area contributed by atoms with Crippen LogP contribution in [0.5, 0.6) is 11.5 Å². The van der Waals surface area contributed by atoms with Gasteiger partial charge in [-0.1, -0.05) is 218 Å². The molecule has 0 aromatic heterocycles. The van der Waals surface area contributed by atoms with Crippen LogP contribution in [0.1, 0.15) is 44.5 Å². The number of anilines is 3. The zero-order valence-electron chi connectivity index (χ0n) is 35.0. The minimum absolute atomic E-state index is 0.574. The van der Waals surface area contributed by atoms with Gasteiger partial charge in [0, 0.05) is 5.56 Å². The minimum atomic E-state index is -0.574. The van der Waals surface area contributed by atoms with Crippen LogP contribution in [0.4, 0.5) is 17.1 Å². The van der Waals surface area contributed by atoms with E-state index in [4.69, 9.17) is 4.74 Å². The second-order valence-corrected chi connectivity index (χ2v) is 17.1. The highest BCUT2D eigenvalue weighted by Gasteiger charge is 2.50. The Labute approximate surface area is 374 Å². The molecule has 13 rings (SSSR count). The van der Waals surface area contributed by atoms with Crippen molar-refractivity contribution in [1.29, 1.82) is 0 Å². The van der Waals surface area contributed by atoms with Crippen molar-refractivity contribution < 1.29 is 4.74 Å². The molecule has 1 aliphatic heterocycles. The Hall–Kier alpha value is -8.20. The van der Waals surface area contributed by atoms with Crippen LogP contribution in [-0.2, 0) is 10.8 Å². The highest BCUT2D eigenvalue weighted by atomic mass is 16.5. The Balaban J connectivity index is 1.13. The number of para-hydroxylation sites is 1. The van der Waals surface area contributed by atoms with Crippen molar-refractivity contribution in [3.8, 4) is 44.9 Å². The summed E-state index contributed by atoms with van der Waals surface area (Å²) in [5.74, 6) is 1.64. The molecule has 0 N–H and O–H groups in total. The van der Waals surface area contributed by atoms with Crippen LogP contribution in [0.3, 0.4) is 0 Å². The summed E-state index contributed by atoms with van der Waals surface area (Å²) in [6.07, 6.45) is 0. The molecule has 64 heavy (non-hydrogen) atoms. The SMILES string of the molecule is c1ccc(-c2ccccc2N2c3cc4c(cc3Oc3cc5c(cc32)-c2ccccc2C5(c2ccccc2)c2ccccc2)C(c2ccccc2)(c2ccccc2)c2ccccc2-4)cc1. The van der Waals surface area contributed by atoms with Crippen molar-refractivity contribution >= 4 is 17.1 Å². The third-order valence-corrected chi connectivity index (χ3v) is 14.0.